The minimum atomic E-state index is -0.263. The summed E-state index contributed by atoms with van der Waals surface area (Å²) in [6, 6.07) is 1.55. The summed E-state index contributed by atoms with van der Waals surface area (Å²) in [5.74, 6) is 0.803. The fraction of sp³-hybridized carbons (Fsp3) is 0.643. The molecule has 0 radical (unpaired) electrons. The molecule has 0 aromatic carbocycles. The maximum atomic E-state index is 13.7. The van der Waals surface area contributed by atoms with Gasteiger partial charge >= 0.3 is 0 Å². The molecular weight excluding hydrogens is 215 g/mol. The van der Waals surface area contributed by atoms with E-state index in [0.29, 0.717) is 17.4 Å². The Kier molecular flexibility index (Phi) is 4.11. The topological polar surface area (TPSA) is 38.9 Å². The van der Waals surface area contributed by atoms with E-state index in [1.54, 1.807) is 12.3 Å². The van der Waals surface area contributed by atoms with Gasteiger partial charge in [-0.05, 0) is 24.3 Å². The number of hydrogen-bond donors (Lipinski definition) is 1. The molecule has 0 aliphatic heterocycles. The Morgan fingerprint density at radius 3 is 2.94 bits per heavy atom. The summed E-state index contributed by atoms with van der Waals surface area (Å²) in [4.78, 5) is 3.78. The van der Waals surface area contributed by atoms with E-state index in [9.17, 15) is 4.39 Å². The summed E-state index contributed by atoms with van der Waals surface area (Å²) in [6.45, 7) is 2.21. The van der Waals surface area contributed by atoms with Gasteiger partial charge in [0, 0.05) is 17.8 Å². The number of pyridine rings is 1. The van der Waals surface area contributed by atoms with Crippen LogP contribution in [0.25, 0.3) is 0 Å². The second-order valence-electron chi connectivity index (χ2n) is 5.04. The van der Waals surface area contributed by atoms with Crippen LogP contribution < -0.4 is 5.73 Å². The number of aromatic nitrogens is 1. The van der Waals surface area contributed by atoms with Crippen molar-refractivity contribution in [3.63, 3.8) is 0 Å². The molecule has 2 nitrogen and oxygen atoms in total. The molecule has 1 heterocycles. The zero-order valence-electron chi connectivity index (χ0n) is 10.4. The van der Waals surface area contributed by atoms with Crippen molar-refractivity contribution in [3.05, 3.63) is 29.8 Å². The molecular formula is C14H21FN2. The van der Waals surface area contributed by atoms with Gasteiger partial charge in [0.1, 0.15) is 5.82 Å². The van der Waals surface area contributed by atoms with Crippen molar-refractivity contribution >= 4 is 0 Å². The highest BCUT2D eigenvalue weighted by Gasteiger charge is 2.30. The maximum absolute atomic E-state index is 13.7. The second-order valence-corrected chi connectivity index (χ2v) is 5.04. The number of nitrogens with zero attached hydrogens (tertiary/aromatic N) is 1. The summed E-state index contributed by atoms with van der Waals surface area (Å²) in [5.41, 5.74) is 6.90. The Morgan fingerprint density at radius 1 is 1.47 bits per heavy atom. The Hall–Kier alpha value is -0.960. The van der Waals surface area contributed by atoms with Gasteiger partial charge in [-0.2, -0.15) is 0 Å². The predicted octanol–water partition coefficient (Wildman–Crippen LogP) is 3.44. The lowest BCUT2D eigenvalue weighted by Crippen LogP contribution is -2.31. The predicted molar refractivity (Wildman–Crippen MR) is 66.9 cm³/mol. The van der Waals surface area contributed by atoms with E-state index in [4.69, 9.17) is 5.73 Å². The average Bonchev–Trinajstić information content (AvgIpc) is 2.38. The molecule has 1 aromatic heterocycles. The molecule has 3 heteroatoms. The fourth-order valence-electron chi connectivity index (χ4n) is 3.10. The quantitative estimate of drug-likeness (QED) is 0.873. The van der Waals surface area contributed by atoms with Gasteiger partial charge in [0.15, 0.2) is 0 Å². The Bertz CT molecular complexity index is 367. The van der Waals surface area contributed by atoms with Gasteiger partial charge in [-0.1, -0.05) is 32.6 Å². The molecule has 1 saturated carbocycles. The molecule has 3 unspecified atom stereocenters. The number of nitrogens with two attached hydrogens (primary N) is 1. The molecule has 3 atom stereocenters. The highest BCUT2D eigenvalue weighted by molar-refractivity contribution is 5.18. The van der Waals surface area contributed by atoms with Gasteiger partial charge in [0.05, 0.1) is 6.20 Å². The average molecular weight is 236 g/mol. The van der Waals surface area contributed by atoms with Crippen LogP contribution in [0, 0.1) is 17.7 Å². The lowest BCUT2D eigenvalue weighted by atomic mass is 9.73. The third-order valence-corrected chi connectivity index (χ3v) is 4.12. The van der Waals surface area contributed by atoms with Gasteiger partial charge < -0.3 is 5.73 Å². The number of halogens is 1. The normalized spacial score (nSPS) is 26.8. The first-order valence-corrected chi connectivity index (χ1v) is 6.59. The van der Waals surface area contributed by atoms with Gasteiger partial charge in [0.25, 0.3) is 0 Å². The van der Waals surface area contributed by atoms with Crippen LogP contribution >= 0.6 is 0 Å². The molecule has 1 fully saturated rings. The van der Waals surface area contributed by atoms with Crippen LogP contribution in [0.3, 0.4) is 0 Å². The third-order valence-electron chi connectivity index (χ3n) is 4.12. The summed E-state index contributed by atoms with van der Waals surface area (Å²) in [7, 11) is 0. The van der Waals surface area contributed by atoms with Crippen molar-refractivity contribution in [1.82, 2.24) is 4.98 Å². The molecule has 1 aromatic rings. The van der Waals surface area contributed by atoms with Crippen LogP contribution in [-0.2, 0) is 0 Å². The Labute approximate surface area is 102 Å². The number of hydrogen-bond acceptors (Lipinski definition) is 2. The minimum absolute atomic E-state index is 0.178. The Morgan fingerprint density at radius 2 is 2.24 bits per heavy atom. The largest absolute Gasteiger partial charge is 0.324 e. The van der Waals surface area contributed by atoms with Crippen LogP contribution in [0.2, 0.25) is 0 Å². The van der Waals surface area contributed by atoms with Crippen molar-refractivity contribution in [2.75, 3.05) is 0 Å². The molecule has 2 N–H and O–H groups in total. The Balaban J connectivity index is 2.18. The van der Waals surface area contributed by atoms with E-state index >= 15 is 0 Å². The van der Waals surface area contributed by atoms with E-state index in [1.807, 2.05) is 0 Å². The highest BCUT2D eigenvalue weighted by Crippen LogP contribution is 2.39. The van der Waals surface area contributed by atoms with E-state index in [-0.39, 0.29) is 11.9 Å². The summed E-state index contributed by atoms with van der Waals surface area (Å²) in [5, 5.41) is 0. The minimum Gasteiger partial charge on any atom is -0.324 e. The fourth-order valence-corrected chi connectivity index (χ4v) is 3.10. The lowest BCUT2D eigenvalue weighted by Gasteiger charge is -2.35. The van der Waals surface area contributed by atoms with Crippen LogP contribution in [0.5, 0.6) is 0 Å². The standard InChI is InChI=1S/C14H21FN2/c1-2-10-5-3-4-6-11(10)14(16)12-7-8-17-9-13(12)15/h7-11,14H,2-6,16H2,1H3. The summed E-state index contributed by atoms with van der Waals surface area (Å²) < 4.78 is 13.7. The third kappa shape index (κ3) is 2.65. The van der Waals surface area contributed by atoms with Crippen molar-refractivity contribution < 1.29 is 4.39 Å². The van der Waals surface area contributed by atoms with Gasteiger partial charge in [-0.15, -0.1) is 0 Å². The van der Waals surface area contributed by atoms with E-state index in [2.05, 4.69) is 11.9 Å². The van der Waals surface area contributed by atoms with Crippen LogP contribution in [0.4, 0.5) is 4.39 Å². The molecule has 0 bridgehead atoms. The molecule has 17 heavy (non-hydrogen) atoms. The lowest BCUT2D eigenvalue weighted by molar-refractivity contribution is 0.194. The van der Waals surface area contributed by atoms with E-state index in [0.717, 1.165) is 12.8 Å². The monoisotopic (exact) mass is 236 g/mol. The summed E-state index contributed by atoms with van der Waals surface area (Å²) in [6.07, 6.45) is 8.91. The first kappa shape index (κ1) is 12.5. The molecule has 0 saturated heterocycles. The van der Waals surface area contributed by atoms with Crippen LogP contribution in [0.1, 0.15) is 50.6 Å². The van der Waals surface area contributed by atoms with Crippen LogP contribution in [-0.4, -0.2) is 4.98 Å². The highest BCUT2D eigenvalue weighted by atomic mass is 19.1. The van der Waals surface area contributed by atoms with Crippen LogP contribution in [0.15, 0.2) is 18.5 Å². The van der Waals surface area contributed by atoms with Gasteiger partial charge in [-0.3, -0.25) is 4.98 Å². The smallest absolute Gasteiger partial charge is 0.146 e. The molecule has 94 valence electrons. The molecule has 0 spiro atoms. The van der Waals surface area contributed by atoms with Gasteiger partial charge in [-0.25, -0.2) is 4.39 Å². The van der Waals surface area contributed by atoms with Crippen molar-refractivity contribution in [2.24, 2.45) is 17.6 Å². The molecule has 1 aliphatic carbocycles. The van der Waals surface area contributed by atoms with E-state index in [1.165, 1.54) is 25.5 Å². The SMILES string of the molecule is CCC1CCCCC1C(N)c1ccncc1F. The first-order valence-electron chi connectivity index (χ1n) is 6.59. The summed E-state index contributed by atoms with van der Waals surface area (Å²) >= 11 is 0. The molecule has 2 rings (SSSR count). The maximum Gasteiger partial charge on any atom is 0.146 e. The molecule has 0 amide bonds. The zero-order chi connectivity index (χ0) is 12.3. The van der Waals surface area contributed by atoms with E-state index < -0.39 is 0 Å². The number of rotatable bonds is 3. The zero-order valence-corrected chi connectivity index (χ0v) is 10.4. The first-order chi connectivity index (χ1) is 8.24. The van der Waals surface area contributed by atoms with Crippen molar-refractivity contribution in [3.8, 4) is 0 Å². The van der Waals surface area contributed by atoms with Crippen molar-refractivity contribution in [2.45, 2.75) is 45.1 Å². The second kappa shape index (κ2) is 5.58. The van der Waals surface area contributed by atoms with Gasteiger partial charge in [0.2, 0.25) is 0 Å². The molecule has 1 aliphatic rings. The van der Waals surface area contributed by atoms with Crippen molar-refractivity contribution in [1.29, 1.82) is 0 Å².